The lowest BCUT2D eigenvalue weighted by Gasteiger charge is -2.10. The average Bonchev–Trinajstić information content (AvgIpc) is 3.18. The Morgan fingerprint density at radius 1 is 1.13 bits per heavy atom. The minimum Gasteiger partial charge on any atom is -0.322 e. The normalized spacial score (nSPS) is 11.5. The average molecular weight is 461 g/mol. The lowest BCUT2D eigenvalue weighted by Crippen LogP contribution is -2.24. The van der Waals surface area contributed by atoms with Crippen molar-refractivity contribution >= 4 is 33.2 Å². The molecule has 0 aliphatic heterocycles. The van der Waals surface area contributed by atoms with Crippen LogP contribution in [-0.4, -0.2) is 30.7 Å². The van der Waals surface area contributed by atoms with Crippen LogP contribution in [-0.2, 0) is 16.4 Å². The van der Waals surface area contributed by atoms with Gasteiger partial charge in [0.2, 0.25) is 10.0 Å². The van der Waals surface area contributed by atoms with Gasteiger partial charge in [0, 0.05) is 17.3 Å². The maximum absolute atomic E-state index is 12.9. The van der Waals surface area contributed by atoms with E-state index in [9.17, 15) is 13.2 Å². The second-order valence-electron chi connectivity index (χ2n) is 6.98. The molecular formula is C22H25ClN4O3S. The lowest BCUT2D eigenvalue weighted by molar-refractivity contribution is 0.102. The highest BCUT2D eigenvalue weighted by molar-refractivity contribution is 7.89. The van der Waals surface area contributed by atoms with Crippen molar-refractivity contribution in [2.75, 3.05) is 11.9 Å². The predicted molar refractivity (Wildman–Crippen MR) is 122 cm³/mol. The first-order valence-electron chi connectivity index (χ1n) is 10.1. The maximum atomic E-state index is 12.9. The van der Waals surface area contributed by atoms with Gasteiger partial charge in [-0.2, -0.15) is 5.10 Å². The molecule has 0 spiro atoms. The van der Waals surface area contributed by atoms with Gasteiger partial charge < -0.3 is 5.32 Å². The Hall–Kier alpha value is -2.68. The highest BCUT2D eigenvalue weighted by Gasteiger charge is 2.19. The van der Waals surface area contributed by atoms with E-state index in [2.05, 4.69) is 15.1 Å². The third kappa shape index (κ3) is 5.52. The molecule has 3 aromatic rings. The van der Waals surface area contributed by atoms with Crippen LogP contribution in [0.4, 0.5) is 5.69 Å². The van der Waals surface area contributed by atoms with Crippen molar-refractivity contribution in [3.8, 4) is 5.69 Å². The summed E-state index contributed by atoms with van der Waals surface area (Å²) in [6.07, 6.45) is 3.72. The first kappa shape index (κ1) is 23.0. The number of hydrogen-bond donors (Lipinski definition) is 2. The molecule has 0 bridgehead atoms. The van der Waals surface area contributed by atoms with Crippen LogP contribution in [0.15, 0.2) is 59.6 Å². The second kappa shape index (κ2) is 10.1. The standard InChI is InChI=1S/C22H25ClN4O3S/c1-3-5-12-25-31(29,30)19-11-7-9-17(14-19)26-22(28)20-15-24-27(21(20)4-2)18-10-6-8-16(23)13-18/h6-11,13-15,25H,3-5,12H2,1-2H3,(H,26,28). The Morgan fingerprint density at radius 3 is 2.61 bits per heavy atom. The molecule has 0 fully saturated rings. The van der Waals surface area contributed by atoms with E-state index in [0.717, 1.165) is 24.2 Å². The summed E-state index contributed by atoms with van der Waals surface area (Å²) in [5.74, 6) is -0.362. The molecule has 0 saturated heterocycles. The first-order valence-corrected chi connectivity index (χ1v) is 12.0. The number of sulfonamides is 1. The number of aromatic nitrogens is 2. The van der Waals surface area contributed by atoms with E-state index < -0.39 is 10.0 Å². The third-order valence-corrected chi connectivity index (χ3v) is 6.42. The quantitative estimate of drug-likeness (QED) is 0.462. The highest BCUT2D eigenvalue weighted by Crippen LogP contribution is 2.21. The summed E-state index contributed by atoms with van der Waals surface area (Å²) in [6.45, 7) is 4.30. The lowest BCUT2D eigenvalue weighted by atomic mass is 10.2. The number of carbonyl (C=O) groups excluding carboxylic acids is 1. The minimum atomic E-state index is -3.63. The fraction of sp³-hybridized carbons (Fsp3) is 0.273. The van der Waals surface area contributed by atoms with E-state index in [1.807, 2.05) is 26.0 Å². The number of anilines is 1. The molecule has 0 aliphatic carbocycles. The van der Waals surface area contributed by atoms with Gasteiger partial charge in [0.1, 0.15) is 0 Å². The van der Waals surface area contributed by atoms with Crippen molar-refractivity contribution in [2.45, 2.75) is 38.0 Å². The van der Waals surface area contributed by atoms with E-state index in [4.69, 9.17) is 11.6 Å². The smallest absolute Gasteiger partial charge is 0.259 e. The van der Waals surface area contributed by atoms with Crippen molar-refractivity contribution < 1.29 is 13.2 Å². The van der Waals surface area contributed by atoms with Crippen molar-refractivity contribution in [3.05, 3.63) is 71.0 Å². The van der Waals surface area contributed by atoms with Crippen LogP contribution in [0.1, 0.15) is 42.7 Å². The minimum absolute atomic E-state index is 0.103. The van der Waals surface area contributed by atoms with Gasteiger partial charge in [0.25, 0.3) is 5.91 Å². The van der Waals surface area contributed by atoms with Crippen LogP contribution in [0.25, 0.3) is 5.69 Å². The number of amides is 1. The number of unbranched alkanes of at least 4 members (excludes halogenated alkanes) is 1. The van der Waals surface area contributed by atoms with Gasteiger partial charge in [-0.15, -0.1) is 0 Å². The molecular weight excluding hydrogens is 436 g/mol. The van der Waals surface area contributed by atoms with Crippen LogP contribution >= 0.6 is 11.6 Å². The molecule has 0 aliphatic rings. The zero-order valence-corrected chi connectivity index (χ0v) is 19.0. The summed E-state index contributed by atoms with van der Waals surface area (Å²) in [7, 11) is -3.63. The SMILES string of the molecule is CCCCNS(=O)(=O)c1cccc(NC(=O)c2cnn(-c3cccc(Cl)c3)c2CC)c1. The zero-order chi connectivity index (χ0) is 22.4. The number of rotatable bonds is 9. The van der Waals surface area contributed by atoms with E-state index in [1.165, 1.54) is 18.3 Å². The molecule has 1 heterocycles. The monoisotopic (exact) mass is 460 g/mol. The fourth-order valence-electron chi connectivity index (χ4n) is 3.14. The third-order valence-electron chi connectivity index (χ3n) is 4.73. The van der Waals surface area contributed by atoms with Crippen molar-refractivity contribution in [3.63, 3.8) is 0 Å². The summed E-state index contributed by atoms with van der Waals surface area (Å²) in [5, 5.41) is 7.70. The largest absolute Gasteiger partial charge is 0.322 e. The molecule has 1 amide bonds. The first-order chi connectivity index (χ1) is 14.9. The van der Waals surface area contributed by atoms with Crippen molar-refractivity contribution in [1.29, 1.82) is 0 Å². The van der Waals surface area contributed by atoms with E-state index in [1.54, 1.807) is 28.9 Å². The topological polar surface area (TPSA) is 93.1 Å². The zero-order valence-electron chi connectivity index (χ0n) is 17.4. The van der Waals surface area contributed by atoms with Crippen molar-refractivity contribution in [1.82, 2.24) is 14.5 Å². The number of nitrogens with one attached hydrogen (secondary N) is 2. The summed E-state index contributed by atoms with van der Waals surface area (Å²) in [6, 6.07) is 13.4. The van der Waals surface area contributed by atoms with Crippen LogP contribution in [0.5, 0.6) is 0 Å². The molecule has 0 saturated carbocycles. The summed E-state index contributed by atoms with van der Waals surface area (Å²) >= 11 is 6.08. The molecule has 7 nitrogen and oxygen atoms in total. The number of halogens is 1. The molecule has 164 valence electrons. The van der Waals surface area contributed by atoms with Gasteiger partial charge in [0.05, 0.1) is 28.0 Å². The van der Waals surface area contributed by atoms with Crippen molar-refractivity contribution in [2.24, 2.45) is 0 Å². The molecule has 3 rings (SSSR count). The summed E-state index contributed by atoms with van der Waals surface area (Å²) in [5.41, 5.74) is 2.29. The van der Waals surface area contributed by atoms with E-state index in [0.29, 0.717) is 29.2 Å². The van der Waals surface area contributed by atoms with Gasteiger partial charge in [-0.1, -0.05) is 44.0 Å². The molecule has 1 aromatic heterocycles. The molecule has 0 unspecified atom stereocenters. The Labute approximate surface area is 187 Å². The van der Waals surface area contributed by atoms with Crippen LogP contribution in [0, 0.1) is 0 Å². The summed E-state index contributed by atoms with van der Waals surface area (Å²) in [4.78, 5) is 13.0. The van der Waals surface area contributed by atoms with Gasteiger partial charge >= 0.3 is 0 Å². The number of carbonyl (C=O) groups is 1. The molecule has 0 radical (unpaired) electrons. The fourth-order valence-corrected chi connectivity index (χ4v) is 4.44. The molecule has 9 heteroatoms. The highest BCUT2D eigenvalue weighted by atomic mass is 35.5. The molecule has 31 heavy (non-hydrogen) atoms. The summed E-state index contributed by atoms with van der Waals surface area (Å²) < 4.78 is 29.2. The molecule has 2 N–H and O–H groups in total. The Kier molecular flexibility index (Phi) is 7.48. The second-order valence-corrected chi connectivity index (χ2v) is 9.19. The number of benzene rings is 2. The van der Waals surface area contributed by atoms with Gasteiger partial charge in [0.15, 0.2) is 0 Å². The number of hydrogen-bond acceptors (Lipinski definition) is 4. The van der Waals surface area contributed by atoms with E-state index >= 15 is 0 Å². The number of nitrogens with zero attached hydrogens (tertiary/aromatic N) is 2. The van der Waals surface area contributed by atoms with Gasteiger partial charge in [-0.05, 0) is 49.2 Å². The van der Waals surface area contributed by atoms with Gasteiger partial charge in [-0.25, -0.2) is 17.8 Å². The molecule has 0 atom stereocenters. The van der Waals surface area contributed by atoms with Crippen LogP contribution in [0.3, 0.4) is 0 Å². The van der Waals surface area contributed by atoms with Crippen LogP contribution in [0.2, 0.25) is 5.02 Å². The van der Waals surface area contributed by atoms with Gasteiger partial charge in [-0.3, -0.25) is 4.79 Å². The van der Waals surface area contributed by atoms with E-state index in [-0.39, 0.29) is 10.8 Å². The molecule has 2 aromatic carbocycles. The Morgan fingerprint density at radius 2 is 1.90 bits per heavy atom. The Bertz CT molecular complexity index is 1180. The van der Waals surface area contributed by atoms with Crippen LogP contribution < -0.4 is 10.0 Å². The predicted octanol–water partition coefficient (Wildman–Crippen LogP) is 4.42. The Balaban J connectivity index is 1.83. The maximum Gasteiger partial charge on any atom is 0.259 e.